The molecule has 7 heteroatoms. The monoisotopic (exact) mass is 415 g/mol. The summed E-state index contributed by atoms with van der Waals surface area (Å²) >= 11 is 5.94. The third kappa shape index (κ3) is 7.20. The van der Waals surface area contributed by atoms with Crippen molar-refractivity contribution in [3.05, 3.63) is 34.9 Å². The second-order valence-electron chi connectivity index (χ2n) is 8.42. The van der Waals surface area contributed by atoms with Crippen molar-refractivity contribution in [2.75, 3.05) is 20.8 Å². The number of rotatable bonds is 9. The lowest BCUT2D eigenvalue weighted by Crippen LogP contribution is -2.43. The molecule has 154 valence electrons. The Balaban J connectivity index is 2.82. The lowest BCUT2D eigenvalue weighted by atomic mass is 9.91. The van der Waals surface area contributed by atoms with Crippen LogP contribution in [0.5, 0.6) is 0 Å². The van der Waals surface area contributed by atoms with E-state index in [-0.39, 0.29) is 10.9 Å². The van der Waals surface area contributed by atoms with Crippen LogP contribution in [0.25, 0.3) is 0 Å². The molecule has 2 unspecified atom stereocenters. The summed E-state index contributed by atoms with van der Waals surface area (Å²) in [6, 6.07) is 7.30. The van der Waals surface area contributed by atoms with Gasteiger partial charge in [0.1, 0.15) is 0 Å². The number of nitrogens with zero attached hydrogens (tertiary/aromatic N) is 1. The normalized spacial score (nSPS) is 14.7. The molecule has 1 aromatic rings. The highest BCUT2D eigenvalue weighted by Gasteiger charge is 2.37. The molecule has 1 rings (SSSR count). The summed E-state index contributed by atoms with van der Waals surface area (Å²) in [7, 11) is 1.10. The SMILES string of the molecule is CON(C)C(=O)C(Cc1ccc(Cl)cc1)C(O)CCO[Si](C)(C)C(C)(C)C. The maximum Gasteiger partial charge on any atom is 0.251 e. The molecule has 0 heterocycles. The van der Waals surface area contributed by atoms with E-state index in [0.717, 1.165) is 5.56 Å². The number of carbonyl (C=O) groups is 1. The minimum absolute atomic E-state index is 0.104. The average molecular weight is 416 g/mol. The van der Waals surface area contributed by atoms with E-state index in [1.165, 1.54) is 12.2 Å². The van der Waals surface area contributed by atoms with Gasteiger partial charge in [0.15, 0.2) is 8.32 Å². The van der Waals surface area contributed by atoms with Gasteiger partial charge in [-0.05, 0) is 48.7 Å². The molecule has 1 aromatic carbocycles. The fourth-order valence-electron chi connectivity index (χ4n) is 2.44. The molecule has 0 radical (unpaired) electrons. The van der Waals surface area contributed by atoms with Crippen LogP contribution in [0.2, 0.25) is 23.2 Å². The highest BCUT2D eigenvalue weighted by atomic mass is 35.5. The van der Waals surface area contributed by atoms with Crippen LogP contribution in [-0.4, -0.2) is 51.3 Å². The van der Waals surface area contributed by atoms with Crippen LogP contribution in [-0.2, 0) is 20.5 Å². The molecule has 1 N–H and O–H groups in total. The van der Waals surface area contributed by atoms with Gasteiger partial charge in [-0.1, -0.05) is 44.5 Å². The Kier molecular flexibility index (Phi) is 8.96. The molecule has 0 aliphatic carbocycles. The minimum atomic E-state index is -1.89. The fourth-order valence-corrected chi connectivity index (χ4v) is 3.63. The van der Waals surface area contributed by atoms with Crippen molar-refractivity contribution in [3.8, 4) is 0 Å². The first-order valence-corrected chi connectivity index (χ1v) is 12.6. The predicted molar refractivity (Wildman–Crippen MR) is 112 cm³/mol. The van der Waals surface area contributed by atoms with Crippen molar-refractivity contribution < 1.29 is 19.2 Å². The third-order valence-corrected chi connectivity index (χ3v) is 10.2. The van der Waals surface area contributed by atoms with Gasteiger partial charge in [-0.15, -0.1) is 0 Å². The van der Waals surface area contributed by atoms with Gasteiger partial charge in [0, 0.05) is 18.7 Å². The molecule has 0 saturated carbocycles. The molecular weight excluding hydrogens is 382 g/mol. The lowest BCUT2D eigenvalue weighted by molar-refractivity contribution is -0.177. The Labute approximate surface area is 169 Å². The van der Waals surface area contributed by atoms with Crippen LogP contribution < -0.4 is 0 Å². The average Bonchev–Trinajstić information content (AvgIpc) is 2.58. The summed E-state index contributed by atoms with van der Waals surface area (Å²) in [4.78, 5) is 17.7. The Morgan fingerprint density at radius 1 is 1.26 bits per heavy atom. The highest BCUT2D eigenvalue weighted by molar-refractivity contribution is 6.74. The van der Waals surface area contributed by atoms with Crippen molar-refractivity contribution in [1.82, 2.24) is 5.06 Å². The van der Waals surface area contributed by atoms with Gasteiger partial charge in [0.05, 0.1) is 19.1 Å². The fraction of sp³-hybridized carbons (Fsp3) is 0.650. The van der Waals surface area contributed by atoms with Crippen molar-refractivity contribution in [3.63, 3.8) is 0 Å². The molecular formula is C20H34ClNO4Si. The molecule has 2 atom stereocenters. The first kappa shape index (κ1) is 24.1. The van der Waals surface area contributed by atoms with Crippen LogP contribution in [0.1, 0.15) is 32.8 Å². The zero-order valence-corrected chi connectivity index (χ0v) is 19.3. The Hall–Kier alpha value is -0.923. The van der Waals surface area contributed by atoms with E-state index in [2.05, 4.69) is 33.9 Å². The van der Waals surface area contributed by atoms with Crippen LogP contribution >= 0.6 is 11.6 Å². The van der Waals surface area contributed by atoms with Crippen LogP contribution in [0, 0.1) is 5.92 Å². The van der Waals surface area contributed by atoms with Crippen LogP contribution in [0.15, 0.2) is 24.3 Å². The molecule has 0 fully saturated rings. The summed E-state index contributed by atoms with van der Waals surface area (Å²) < 4.78 is 6.15. The molecule has 1 amide bonds. The molecule has 5 nitrogen and oxygen atoms in total. The second-order valence-corrected chi connectivity index (χ2v) is 13.7. The highest BCUT2D eigenvalue weighted by Crippen LogP contribution is 2.36. The van der Waals surface area contributed by atoms with E-state index >= 15 is 0 Å². The predicted octanol–water partition coefficient (Wildman–Crippen LogP) is 4.29. The summed E-state index contributed by atoms with van der Waals surface area (Å²) in [6.45, 7) is 11.3. The minimum Gasteiger partial charge on any atom is -0.417 e. The van der Waals surface area contributed by atoms with E-state index in [9.17, 15) is 9.90 Å². The van der Waals surface area contributed by atoms with E-state index in [1.807, 2.05) is 12.1 Å². The van der Waals surface area contributed by atoms with Crippen molar-refractivity contribution >= 4 is 25.8 Å². The number of halogens is 1. The number of carbonyl (C=O) groups excluding carboxylic acids is 1. The Morgan fingerprint density at radius 2 is 1.81 bits per heavy atom. The maximum absolute atomic E-state index is 12.7. The van der Waals surface area contributed by atoms with Gasteiger partial charge in [-0.3, -0.25) is 9.63 Å². The molecule has 0 aromatic heterocycles. The quantitative estimate of drug-likeness (QED) is 0.482. The number of amides is 1. The van der Waals surface area contributed by atoms with E-state index < -0.39 is 20.3 Å². The van der Waals surface area contributed by atoms with Crippen LogP contribution in [0.3, 0.4) is 0 Å². The van der Waals surface area contributed by atoms with Gasteiger partial charge < -0.3 is 9.53 Å². The molecule has 0 aliphatic rings. The summed E-state index contributed by atoms with van der Waals surface area (Å²) in [5, 5.41) is 12.7. The van der Waals surface area contributed by atoms with Crippen molar-refractivity contribution in [2.45, 2.75) is 57.8 Å². The van der Waals surface area contributed by atoms with E-state index in [1.54, 1.807) is 19.2 Å². The van der Waals surface area contributed by atoms with Gasteiger partial charge in [-0.2, -0.15) is 0 Å². The zero-order chi connectivity index (χ0) is 20.8. The molecule has 0 bridgehead atoms. The molecule has 27 heavy (non-hydrogen) atoms. The zero-order valence-electron chi connectivity index (χ0n) is 17.6. The lowest BCUT2D eigenvalue weighted by Gasteiger charge is -2.36. The Bertz CT molecular complexity index is 601. The van der Waals surface area contributed by atoms with Crippen LogP contribution in [0.4, 0.5) is 0 Å². The van der Waals surface area contributed by atoms with E-state index in [4.69, 9.17) is 20.9 Å². The summed E-state index contributed by atoms with van der Waals surface area (Å²) in [5.41, 5.74) is 0.937. The summed E-state index contributed by atoms with van der Waals surface area (Å²) in [5.74, 6) is -0.869. The molecule has 0 saturated heterocycles. The number of hydroxylamine groups is 2. The second kappa shape index (κ2) is 10.0. The number of benzene rings is 1. The first-order valence-electron chi connectivity index (χ1n) is 9.27. The number of hydrogen-bond donors (Lipinski definition) is 1. The topological polar surface area (TPSA) is 59.0 Å². The largest absolute Gasteiger partial charge is 0.417 e. The molecule has 0 spiro atoms. The smallest absolute Gasteiger partial charge is 0.251 e. The van der Waals surface area contributed by atoms with Gasteiger partial charge >= 0.3 is 0 Å². The van der Waals surface area contributed by atoms with Gasteiger partial charge in [0.2, 0.25) is 0 Å². The first-order chi connectivity index (χ1) is 12.4. The van der Waals surface area contributed by atoms with Gasteiger partial charge in [-0.25, -0.2) is 5.06 Å². The van der Waals surface area contributed by atoms with E-state index in [0.29, 0.717) is 24.5 Å². The third-order valence-electron chi connectivity index (χ3n) is 5.42. The Morgan fingerprint density at radius 3 is 2.30 bits per heavy atom. The standard InChI is InChI=1S/C20H34ClNO4Si/c1-20(2,3)27(6,7)26-13-12-18(23)17(19(24)22(4)25-5)14-15-8-10-16(21)11-9-15/h8-11,17-18,23H,12-14H2,1-7H3. The number of aliphatic hydroxyl groups excluding tert-OH is 1. The number of aliphatic hydroxyl groups is 1. The molecule has 0 aliphatic heterocycles. The van der Waals surface area contributed by atoms with Crippen molar-refractivity contribution in [1.29, 1.82) is 0 Å². The summed E-state index contributed by atoms with van der Waals surface area (Å²) in [6.07, 6.45) is -0.0190. The number of hydrogen-bond acceptors (Lipinski definition) is 4. The maximum atomic E-state index is 12.7. The van der Waals surface area contributed by atoms with Crippen molar-refractivity contribution in [2.24, 2.45) is 5.92 Å². The van der Waals surface area contributed by atoms with Gasteiger partial charge in [0.25, 0.3) is 5.91 Å².